The van der Waals surface area contributed by atoms with E-state index in [9.17, 15) is 14.4 Å². The van der Waals surface area contributed by atoms with Crippen molar-refractivity contribution in [2.24, 2.45) is 10.8 Å². The van der Waals surface area contributed by atoms with E-state index in [0.717, 1.165) is 23.7 Å². The molecule has 0 bridgehead atoms. The zero-order chi connectivity index (χ0) is 19.0. The molecule has 2 aliphatic heterocycles. The summed E-state index contributed by atoms with van der Waals surface area (Å²) in [4.78, 5) is 43.0. The normalized spacial score (nSPS) is 29.8. The average molecular weight is 365 g/mol. The number of likely N-dealkylation sites (tertiary alicyclic amines) is 1. The Bertz CT molecular complexity index is 995. The Morgan fingerprint density at radius 2 is 1.70 bits per heavy atom. The van der Waals surface area contributed by atoms with Crippen LogP contribution in [0.4, 0.5) is 0 Å². The molecule has 27 heavy (non-hydrogen) atoms. The largest absolute Gasteiger partial charge is 0.358 e. The molecule has 3 aliphatic rings. The van der Waals surface area contributed by atoms with Crippen LogP contribution >= 0.6 is 0 Å². The third kappa shape index (κ3) is 2.04. The molecule has 140 valence electrons. The predicted molar refractivity (Wildman–Crippen MR) is 100 cm³/mol. The number of aromatic nitrogens is 1. The number of carbonyl (C=O) groups excluding carboxylic acids is 3. The third-order valence-electron chi connectivity index (χ3n) is 7.09. The Labute approximate surface area is 157 Å². The van der Waals surface area contributed by atoms with E-state index in [-0.39, 0.29) is 30.8 Å². The van der Waals surface area contributed by atoms with Crippen molar-refractivity contribution in [1.29, 1.82) is 0 Å². The topological polar surface area (TPSA) is 82.3 Å². The molecule has 1 aromatic heterocycles. The van der Waals surface area contributed by atoms with Gasteiger partial charge in [0.1, 0.15) is 0 Å². The molecule has 2 fully saturated rings. The zero-order valence-electron chi connectivity index (χ0n) is 15.6. The second kappa shape index (κ2) is 5.21. The molecule has 2 saturated heterocycles. The summed E-state index contributed by atoms with van der Waals surface area (Å²) in [6, 6.07) is 5.78. The van der Waals surface area contributed by atoms with Crippen LogP contribution in [0.1, 0.15) is 48.3 Å². The summed E-state index contributed by atoms with van der Waals surface area (Å²) in [5, 5.41) is 3.56. The molecule has 3 heterocycles. The van der Waals surface area contributed by atoms with Crippen LogP contribution in [0.5, 0.6) is 0 Å². The van der Waals surface area contributed by atoms with Gasteiger partial charge in [-0.05, 0) is 63.3 Å². The molecule has 0 radical (unpaired) electrons. The maximum atomic E-state index is 13.2. The van der Waals surface area contributed by atoms with Gasteiger partial charge in [0.25, 0.3) is 5.91 Å². The minimum Gasteiger partial charge on any atom is -0.358 e. The van der Waals surface area contributed by atoms with E-state index in [0.29, 0.717) is 5.56 Å². The molecule has 6 heteroatoms. The Morgan fingerprint density at radius 3 is 2.41 bits per heavy atom. The predicted octanol–water partition coefficient (Wildman–Crippen LogP) is 2.17. The van der Waals surface area contributed by atoms with Crippen molar-refractivity contribution < 1.29 is 14.4 Å². The molecule has 1 aliphatic carbocycles. The minimum absolute atomic E-state index is 0.111. The SMILES string of the molecule is CC12CN(C(=O)c3ccc4[nH]c5c(c4c3)CCCC5)CC1(C)C(=O)NC2=O. The lowest BCUT2D eigenvalue weighted by molar-refractivity contribution is -0.128. The number of H-pyrrole nitrogens is 1. The van der Waals surface area contributed by atoms with Crippen molar-refractivity contribution in [2.75, 3.05) is 13.1 Å². The highest BCUT2D eigenvalue weighted by Gasteiger charge is 2.66. The van der Waals surface area contributed by atoms with Gasteiger partial charge in [-0.15, -0.1) is 0 Å². The van der Waals surface area contributed by atoms with Crippen LogP contribution in [0.25, 0.3) is 10.9 Å². The molecule has 0 spiro atoms. The number of imide groups is 1. The first-order valence-electron chi connectivity index (χ1n) is 9.62. The summed E-state index contributed by atoms with van der Waals surface area (Å²) in [7, 11) is 0. The first kappa shape index (κ1) is 16.5. The highest BCUT2D eigenvalue weighted by atomic mass is 16.2. The quantitative estimate of drug-likeness (QED) is 0.760. The fourth-order valence-corrected chi connectivity index (χ4v) is 5.06. The fraction of sp³-hybridized carbons (Fsp3) is 0.476. The summed E-state index contributed by atoms with van der Waals surface area (Å²) < 4.78 is 0. The van der Waals surface area contributed by atoms with Crippen LogP contribution < -0.4 is 5.32 Å². The van der Waals surface area contributed by atoms with Crippen LogP contribution in [-0.2, 0) is 22.4 Å². The summed E-state index contributed by atoms with van der Waals surface area (Å²) in [6.07, 6.45) is 4.49. The summed E-state index contributed by atoms with van der Waals surface area (Å²) >= 11 is 0. The Kier molecular flexibility index (Phi) is 3.19. The number of hydrogen-bond donors (Lipinski definition) is 2. The van der Waals surface area contributed by atoms with Gasteiger partial charge in [0, 0.05) is 35.2 Å². The lowest BCUT2D eigenvalue weighted by atomic mass is 9.70. The minimum atomic E-state index is -0.864. The molecular weight excluding hydrogens is 342 g/mol. The van der Waals surface area contributed by atoms with Crippen LogP contribution in [0.2, 0.25) is 0 Å². The van der Waals surface area contributed by atoms with E-state index < -0.39 is 10.8 Å². The second-order valence-electron chi connectivity index (χ2n) is 8.66. The number of aryl methyl sites for hydroxylation is 2. The number of nitrogens with one attached hydrogen (secondary N) is 2. The van der Waals surface area contributed by atoms with Gasteiger partial charge in [-0.3, -0.25) is 19.7 Å². The van der Waals surface area contributed by atoms with Crippen molar-refractivity contribution in [3.8, 4) is 0 Å². The molecule has 2 aromatic rings. The maximum absolute atomic E-state index is 13.2. The van der Waals surface area contributed by atoms with E-state index in [2.05, 4.69) is 10.3 Å². The van der Waals surface area contributed by atoms with E-state index in [1.165, 1.54) is 24.1 Å². The van der Waals surface area contributed by atoms with Gasteiger partial charge in [-0.1, -0.05) is 0 Å². The Balaban J connectivity index is 1.50. The smallest absolute Gasteiger partial charge is 0.253 e. The summed E-state index contributed by atoms with van der Waals surface area (Å²) in [5.41, 5.74) is 2.59. The molecule has 2 N–H and O–H groups in total. The highest BCUT2D eigenvalue weighted by molar-refractivity contribution is 6.11. The summed E-state index contributed by atoms with van der Waals surface area (Å²) in [6.45, 7) is 4.10. The molecule has 6 nitrogen and oxygen atoms in total. The average Bonchev–Trinajstić information content (AvgIpc) is 3.21. The first-order chi connectivity index (χ1) is 12.8. The van der Waals surface area contributed by atoms with Gasteiger partial charge >= 0.3 is 0 Å². The maximum Gasteiger partial charge on any atom is 0.253 e. The molecule has 0 saturated carbocycles. The Hall–Kier alpha value is -2.63. The molecule has 1 aromatic carbocycles. The molecule has 3 amide bonds. The number of benzene rings is 1. The van der Waals surface area contributed by atoms with Gasteiger partial charge < -0.3 is 9.88 Å². The number of amides is 3. The monoisotopic (exact) mass is 365 g/mol. The van der Waals surface area contributed by atoms with Gasteiger partial charge in [0.2, 0.25) is 11.8 Å². The van der Waals surface area contributed by atoms with Crippen molar-refractivity contribution in [3.63, 3.8) is 0 Å². The number of carbonyl (C=O) groups is 3. The standard InChI is InChI=1S/C21H23N3O3/c1-20-10-24(11-21(20,2)19(27)23-18(20)26)17(25)12-7-8-16-14(9-12)13-5-3-4-6-15(13)22-16/h7-9,22H,3-6,10-11H2,1-2H3,(H,23,26,27). The van der Waals surface area contributed by atoms with Gasteiger partial charge in [0.05, 0.1) is 10.8 Å². The van der Waals surface area contributed by atoms with Crippen molar-refractivity contribution in [2.45, 2.75) is 39.5 Å². The number of aromatic amines is 1. The number of hydrogen-bond acceptors (Lipinski definition) is 3. The van der Waals surface area contributed by atoms with Crippen LogP contribution in [0.15, 0.2) is 18.2 Å². The fourth-order valence-electron chi connectivity index (χ4n) is 5.06. The van der Waals surface area contributed by atoms with Crippen molar-refractivity contribution in [1.82, 2.24) is 15.2 Å². The van der Waals surface area contributed by atoms with Gasteiger partial charge in [0.15, 0.2) is 0 Å². The first-order valence-corrected chi connectivity index (χ1v) is 9.62. The van der Waals surface area contributed by atoms with E-state index >= 15 is 0 Å². The van der Waals surface area contributed by atoms with Crippen LogP contribution in [0, 0.1) is 10.8 Å². The van der Waals surface area contributed by atoms with E-state index in [1.807, 2.05) is 18.2 Å². The van der Waals surface area contributed by atoms with Crippen LogP contribution in [0.3, 0.4) is 0 Å². The molecule has 5 rings (SSSR count). The Morgan fingerprint density at radius 1 is 1.04 bits per heavy atom. The summed E-state index contributed by atoms with van der Waals surface area (Å²) in [5.74, 6) is -0.666. The lowest BCUT2D eigenvalue weighted by Crippen LogP contribution is -2.38. The second-order valence-corrected chi connectivity index (χ2v) is 8.66. The molecular formula is C21H23N3O3. The van der Waals surface area contributed by atoms with E-state index in [4.69, 9.17) is 0 Å². The van der Waals surface area contributed by atoms with Gasteiger partial charge in [-0.25, -0.2) is 0 Å². The number of nitrogens with zero attached hydrogens (tertiary/aromatic N) is 1. The van der Waals surface area contributed by atoms with Gasteiger partial charge in [-0.2, -0.15) is 0 Å². The van der Waals surface area contributed by atoms with Crippen molar-refractivity contribution >= 4 is 28.6 Å². The zero-order valence-corrected chi connectivity index (χ0v) is 15.6. The molecule has 2 unspecified atom stereocenters. The van der Waals surface area contributed by atoms with Crippen molar-refractivity contribution in [3.05, 3.63) is 35.0 Å². The number of rotatable bonds is 1. The van der Waals surface area contributed by atoms with E-state index in [1.54, 1.807) is 18.7 Å². The lowest BCUT2D eigenvalue weighted by Gasteiger charge is -2.25. The number of fused-ring (bicyclic) bond motifs is 4. The molecule has 2 atom stereocenters. The third-order valence-corrected chi connectivity index (χ3v) is 7.09. The highest BCUT2D eigenvalue weighted by Crippen LogP contribution is 2.50. The van der Waals surface area contributed by atoms with Crippen LogP contribution in [-0.4, -0.2) is 40.7 Å².